The van der Waals surface area contributed by atoms with Gasteiger partial charge in [0.1, 0.15) is 0 Å². The number of ether oxygens (including phenoxy) is 1. The highest BCUT2D eigenvalue weighted by Crippen LogP contribution is 2.30. The monoisotopic (exact) mass is 492 g/mol. The molecular formula is C26H21ClN2O4S. The van der Waals surface area contributed by atoms with Crippen LogP contribution in [0.4, 0.5) is 5.69 Å². The van der Waals surface area contributed by atoms with Gasteiger partial charge in [0.05, 0.1) is 22.7 Å². The van der Waals surface area contributed by atoms with E-state index in [0.29, 0.717) is 16.3 Å². The van der Waals surface area contributed by atoms with Crippen molar-refractivity contribution in [2.45, 2.75) is 11.8 Å². The summed E-state index contributed by atoms with van der Waals surface area (Å²) in [5, 5.41) is 0.575. The zero-order chi connectivity index (χ0) is 24.3. The molecular weight excluding hydrogens is 472 g/mol. The van der Waals surface area contributed by atoms with E-state index < -0.39 is 16.0 Å². The van der Waals surface area contributed by atoms with Crippen LogP contribution in [-0.2, 0) is 19.6 Å². The number of para-hydroxylation sites is 1. The predicted molar refractivity (Wildman–Crippen MR) is 134 cm³/mol. The zero-order valence-electron chi connectivity index (χ0n) is 18.3. The number of nitrogens with zero attached hydrogens (tertiary/aromatic N) is 2. The van der Waals surface area contributed by atoms with E-state index in [1.54, 1.807) is 78.9 Å². The number of carbonyl (C=O) groups excluding carboxylic acids is 1. The molecule has 1 aliphatic rings. The molecule has 0 N–H and O–H groups in total. The normalized spacial score (nSPS) is 14.6. The fourth-order valence-electron chi connectivity index (χ4n) is 3.39. The van der Waals surface area contributed by atoms with E-state index in [0.717, 1.165) is 11.1 Å². The van der Waals surface area contributed by atoms with Gasteiger partial charge in [0.2, 0.25) is 5.90 Å². The summed E-state index contributed by atoms with van der Waals surface area (Å²) >= 11 is 5.92. The highest BCUT2D eigenvalue weighted by molar-refractivity contribution is 7.92. The van der Waals surface area contributed by atoms with Crippen LogP contribution in [0.15, 0.2) is 101 Å². The van der Waals surface area contributed by atoms with E-state index in [9.17, 15) is 13.2 Å². The molecule has 0 amide bonds. The second kappa shape index (κ2) is 9.67. The van der Waals surface area contributed by atoms with Crippen LogP contribution in [0.25, 0.3) is 6.08 Å². The van der Waals surface area contributed by atoms with Gasteiger partial charge in [-0.15, -0.1) is 6.58 Å². The average molecular weight is 493 g/mol. The number of esters is 1. The fourth-order valence-corrected chi connectivity index (χ4v) is 4.97. The molecule has 4 rings (SSSR count). The Morgan fingerprint density at radius 3 is 2.38 bits per heavy atom. The zero-order valence-corrected chi connectivity index (χ0v) is 19.9. The van der Waals surface area contributed by atoms with Crippen LogP contribution in [0, 0.1) is 6.92 Å². The molecule has 0 saturated carbocycles. The minimum Gasteiger partial charge on any atom is -0.402 e. The van der Waals surface area contributed by atoms with Crippen molar-refractivity contribution in [1.82, 2.24) is 0 Å². The van der Waals surface area contributed by atoms with Crippen LogP contribution in [0.5, 0.6) is 0 Å². The number of sulfonamides is 1. The number of halogens is 1. The molecule has 0 saturated heterocycles. The topological polar surface area (TPSA) is 76.0 Å². The first-order valence-electron chi connectivity index (χ1n) is 10.4. The van der Waals surface area contributed by atoms with Crippen molar-refractivity contribution < 1.29 is 17.9 Å². The Bertz CT molecular complexity index is 1410. The molecule has 0 spiro atoms. The van der Waals surface area contributed by atoms with Crippen molar-refractivity contribution in [3.05, 3.63) is 113 Å². The largest absolute Gasteiger partial charge is 0.402 e. The second-order valence-corrected chi connectivity index (χ2v) is 9.84. The Morgan fingerprint density at radius 1 is 1.03 bits per heavy atom. The van der Waals surface area contributed by atoms with Crippen molar-refractivity contribution in [3.63, 3.8) is 0 Å². The van der Waals surface area contributed by atoms with E-state index in [-0.39, 0.29) is 23.0 Å². The van der Waals surface area contributed by atoms with E-state index in [4.69, 9.17) is 16.3 Å². The smallest absolute Gasteiger partial charge is 0.363 e. The van der Waals surface area contributed by atoms with Gasteiger partial charge in [0, 0.05) is 5.02 Å². The third kappa shape index (κ3) is 4.81. The van der Waals surface area contributed by atoms with Gasteiger partial charge in [-0.1, -0.05) is 59.6 Å². The van der Waals surface area contributed by atoms with Crippen molar-refractivity contribution in [3.8, 4) is 0 Å². The van der Waals surface area contributed by atoms with Crippen molar-refractivity contribution in [2.75, 3.05) is 10.8 Å². The molecule has 6 nitrogen and oxygen atoms in total. The van der Waals surface area contributed by atoms with Crippen LogP contribution in [0.2, 0.25) is 5.02 Å². The van der Waals surface area contributed by atoms with Crippen molar-refractivity contribution in [1.29, 1.82) is 0 Å². The Kier molecular flexibility index (Phi) is 6.68. The number of carbonyl (C=O) groups is 1. The van der Waals surface area contributed by atoms with Gasteiger partial charge < -0.3 is 4.74 Å². The van der Waals surface area contributed by atoms with Crippen LogP contribution in [0.3, 0.4) is 0 Å². The third-order valence-electron chi connectivity index (χ3n) is 5.10. The Hall–Kier alpha value is -3.68. The number of aliphatic imine (C=N–C) groups is 1. The quantitative estimate of drug-likeness (QED) is 0.252. The summed E-state index contributed by atoms with van der Waals surface area (Å²) in [7, 11) is -3.93. The predicted octanol–water partition coefficient (Wildman–Crippen LogP) is 5.37. The lowest BCUT2D eigenvalue weighted by Gasteiger charge is -2.25. The van der Waals surface area contributed by atoms with Gasteiger partial charge in [-0.2, -0.15) is 0 Å². The Morgan fingerprint density at radius 2 is 1.71 bits per heavy atom. The summed E-state index contributed by atoms with van der Waals surface area (Å²) in [5.74, 6) is -0.606. The number of benzene rings is 3. The molecule has 0 fully saturated rings. The molecule has 3 aromatic carbocycles. The fraction of sp³-hybridized carbons (Fsp3) is 0.0769. The lowest BCUT2D eigenvalue weighted by Crippen LogP contribution is -2.32. The summed E-state index contributed by atoms with van der Waals surface area (Å²) < 4.78 is 33.7. The standard InChI is InChI=1S/C26H21ClN2O4S/c1-3-16-29(34(31,32)21-14-8-18(2)9-15-21)24-7-5-4-6-22(24)25-28-23(26(30)33-25)17-19-10-12-20(27)13-11-19/h3-15,17H,1,16H2,2H3/b23-17-. The molecule has 3 aromatic rings. The highest BCUT2D eigenvalue weighted by Gasteiger charge is 2.31. The second-order valence-electron chi connectivity index (χ2n) is 7.54. The molecule has 0 aromatic heterocycles. The summed E-state index contributed by atoms with van der Waals surface area (Å²) in [6, 6.07) is 20.2. The lowest BCUT2D eigenvalue weighted by atomic mass is 10.1. The first-order chi connectivity index (χ1) is 16.3. The SMILES string of the molecule is C=CCN(c1ccccc1C1=N/C(=C\c2ccc(Cl)cc2)C(=O)O1)S(=O)(=O)c1ccc(C)cc1. The van der Waals surface area contributed by atoms with Gasteiger partial charge in [0.25, 0.3) is 10.0 Å². The van der Waals surface area contributed by atoms with E-state index in [1.807, 2.05) is 6.92 Å². The summed E-state index contributed by atoms with van der Waals surface area (Å²) in [6.07, 6.45) is 3.08. The van der Waals surface area contributed by atoms with E-state index in [1.165, 1.54) is 10.4 Å². The molecule has 172 valence electrons. The Balaban J connectivity index is 1.77. The molecule has 1 aliphatic heterocycles. The first kappa shape index (κ1) is 23.5. The number of hydrogen-bond donors (Lipinski definition) is 0. The maximum atomic E-state index is 13.5. The van der Waals surface area contributed by atoms with Crippen LogP contribution in [0.1, 0.15) is 16.7 Å². The summed E-state index contributed by atoms with van der Waals surface area (Å²) in [6.45, 7) is 5.61. The average Bonchev–Trinajstić information content (AvgIpc) is 3.19. The van der Waals surface area contributed by atoms with Crippen molar-refractivity contribution in [2.24, 2.45) is 4.99 Å². The maximum absolute atomic E-state index is 13.5. The van der Waals surface area contributed by atoms with E-state index >= 15 is 0 Å². The number of hydrogen-bond acceptors (Lipinski definition) is 5. The number of rotatable bonds is 7. The number of cyclic esters (lactones) is 1. The maximum Gasteiger partial charge on any atom is 0.363 e. The van der Waals surface area contributed by atoms with Gasteiger partial charge >= 0.3 is 5.97 Å². The molecule has 8 heteroatoms. The molecule has 0 atom stereocenters. The van der Waals surface area contributed by atoms with Crippen LogP contribution in [-0.4, -0.2) is 26.8 Å². The van der Waals surface area contributed by atoms with Crippen molar-refractivity contribution >= 4 is 45.3 Å². The van der Waals surface area contributed by atoms with E-state index in [2.05, 4.69) is 11.6 Å². The lowest BCUT2D eigenvalue weighted by molar-refractivity contribution is -0.129. The van der Waals surface area contributed by atoms with Gasteiger partial charge in [-0.05, 0) is 55.0 Å². The molecule has 0 unspecified atom stereocenters. The first-order valence-corrected chi connectivity index (χ1v) is 12.2. The minimum atomic E-state index is -3.93. The molecule has 0 radical (unpaired) electrons. The molecule has 0 aliphatic carbocycles. The highest BCUT2D eigenvalue weighted by atomic mass is 35.5. The van der Waals surface area contributed by atoms with Gasteiger partial charge in [0.15, 0.2) is 5.70 Å². The van der Waals surface area contributed by atoms with Gasteiger partial charge in [-0.3, -0.25) is 4.31 Å². The molecule has 0 bridgehead atoms. The van der Waals surface area contributed by atoms with Crippen LogP contribution < -0.4 is 4.31 Å². The number of anilines is 1. The number of aryl methyl sites for hydroxylation is 1. The summed E-state index contributed by atoms with van der Waals surface area (Å²) in [4.78, 5) is 17.0. The molecule has 34 heavy (non-hydrogen) atoms. The minimum absolute atomic E-state index is 0.0158. The molecule has 1 heterocycles. The Labute approximate surface area is 203 Å². The van der Waals surface area contributed by atoms with Crippen LogP contribution >= 0.6 is 11.6 Å². The van der Waals surface area contributed by atoms with Gasteiger partial charge in [-0.25, -0.2) is 18.2 Å². The summed E-state index contributed by atoms with van der Waals surface area (Å²) in [5.41, 5.74) is 2.46. The third-order valence-corrected chi connectivity index (χ3v) is 7.15.